The van der Waals surface area contributed by atoms with Crippen LogP contribution in [-0.2, 0) is 23.0 Å². The molecule has 0 spiro atoms. The number of imidazole rings is 1. The molecule has 1 aromatic carbocycles. The highest BCUT2D eigenvalue weighted by atomic mass is 32.2. The van der Waals surface area contributed by atoms with Gasteiger partial charge in [-0.05, 0) is 42.9 Å². The van der Waals surface area contributed by atoms with E-state index in [1.165, 1.54) is 24.3 Å². The summed E-state index contributed by atoms with van der Waals surface area (Å²) in [4.78, 5) is 18.7. The van der Waals surface area contributed by atoms with Crippen molar-refractivity contribution in [1.82, 2.24) is 28.8 Å². The van der Waals surface area contributed by atoms with E-state index in [4.69, 9.17) is 19.9 Å². The second-order valence-electron chi connectivity index (χ2n) is 9.39. The normalized spacial score (nSPS) is 18.2. The van der Waals surface area contributed by atoms with Crippen LogP contribution in [0.25, 0.3) is 22.6 Å². The number of rotatable bonds is 7. The smallest absolute Gasteiger partial charge is 0.227 e. The Bertz CT molecular complexity index is 1550. The fourth-order valence-electron chi connectivity index (χ4n) is 5.00. The molecule has 6 rings (SSSR count). The van der Waals surface area contributed by atoms with E-state index >= 15 is 0 Å². The van der Waals surface area contributed by atoms with Crippen molar-refractivity contribution >= 4 is 38.8 Å². The molecule has 2 aliphatic rings. The average molecular weight is 542 g/mol. The average Bonchev–Trinajstić information content (AvgIpc) is 3.63. The number of fused-ring (bicyclic) bond motifs is 2. The topological polar surface area (TPSA) is 142 Å². The second-order valence-corrected chi connectivity index (χ2v) is 12.4. The molecule has 1 fully saturated rings. The van der Waals surface area contributed by atoms with Gasteiger partial charge in [0, 0.05) is 31.0 Å². The summed E-state index contributed by atoms with van der Waals surface area (Å²) in [5, 5.41) is 0.727. The molecule has 3 aromatic heterocycles. The Labute approximate surface area is 218 Å². The summed E-state index contributed by atoms with van der Waals surface area (Å²) in [6.45, 7) is 2.38. The molecule has 0 radical (unpaired) electrons. The van der Waals surface area contributed by atoms with Gasteiger partial charge in [-0.2, -0.15) is 0 Å². The molecule has 11 nitrogen and oxygen atoms in total. The number of aromatic nitrogens is 5. The van der Waals surface area contributed by atoms with Crippen molar-refractivity contribution in [3.05, 3.63) is 36.5 Å². The molecule has 0 saturated carbocycles. The van der Waals surface area contributed by atoms with Crippen LogP contribution in [0.5, 0.6) is 5.75 Å². The lowest BCUT2D eigenvalue weighted by molar-refractivity contribution is 0.249. The predicted molar refractivity (Wildman–Crippen MR) is 139 cm³/mol. The Morgan fingerprint density at radius 1 is 1.24 bits per heavy atom. The van der Waals surface area contributed by atoms with Gasteiger partial charge in [-0.3, -0.25) is 0 Å². The van der Waals surface area contributed by atoms with Gasteiger partial charge in [0.15, 0.2) is 22.1 Å². The fraction of sp³-hybridized carbons (Fsp3) is 0.417. The number of benzene rings is 1. The third-order valence-corrected chi connectivity index (χ3v) is 9.21. The van der Waals surface area contributed by atoms with Crippen LogP contribution in [0, 0.1) is 5.92 Å². The Morgan fingerprint density at radius 3 is 2.95 bits per heavy atom. The summed E-state index contributed by atoms with van der Waals surface area (Å²) < 4.78 is 39.3. The van der Waals surface area contributed by atoms with Gasteiger partial charge < -0.3 is 19.5 Å². The minimum Gasteiger partial charge on any atom is -0.493 e. The number of piperidine rings is 1. The van der Waals surface area contributed by atoms with Gasteiger partial charge in [0.25, 0.3) is 0 Å². The first-order valence-corrected chi connectivity index (χ1v) is 14.8. The zero-order valence-electron chi connectivity index (χ0n) is 20.3. The molecule has 1 unspecified atom stereocenters. The van der Waals surface area contributed by atoms with Gasteiger partial charge in [0.1, 0.15) is 18.3 Å². The summed E-state index contributed by atoms with van der Waals surface area (Å²) >= 11 is 1.50. The summed E-state index contributed by atoms with van der Waals surface area (Å²) in [6.07, 6.45) is 9.36. The van der Waals surface area contributed by atoms with Crippen LogP contribution < -0.4 is 10.5 Å². The van der Waals surface area contributed by atoms with Crippen LogP contribution in [0.1, 0.15) is 24.8 Å². The molecule has 194 valence electrons. The van der Waals surface area contributed by atoms with Crippen molar-refractivity contribution in [2.75, 3.05) is 31.7 Å². The van der Waals surface area contributed by atoms with E-state index < -0.39 is 10.0 Å². The van der Waals surface area contributed by atoms with E-state index in [2.05, 4.69) is 25.6 Å². The number of nitrogen functional groups attached to an aromatic ring is 1. The number of ether oxygens (including phenoxy) is 1. The first kappa shape index (κ1) is 24.2. The zero-order valence-corrected chi connectivity index (χ0v) is 22.0. The molecule has 0 aliphatic carbocycles. The minimum absolute atomic E-state index is 0.248. The molecule has 2 aliphatic heterocycles. The Balaban J connectivity index is 1.35. The van der Waals surface area contributed by atoms with Gasteiger partial charge in [0.05, 0.1) is 24.6 Å². The summed E-state index contributed by atoms with van der Waals surface area (Å²) in [6, 6.07) is 4.08. The standard InChI is InChI=1S/C24H27N7O4S2/c1-37(32,33)30-7-2-3-15(13-30)4-8-31-22-20(21(25)27-14-28-22)29-24(31)36-19-11-16-5-9-34-18(16)12-17(19)23-26-6-10-35-23/h6,10-12,14-15H,2-5,7-9,13H2,1H3,(H2,25,27,28). The van der Waals surface area contributed by atoms with Gasteiger partial charge >= 0.3 is 0 Å². The summed E-state index contributed by atoms with van der Waals surface area (Å²) in [5.74, 6) is 1.92. The monoisotopic (exact) mass is 541 g/mol. The van der Waals surface area contributed by atoms with E-state index in [-0.39, 0.29) is 5.92 Å². The Kier molecular flexibility index (Phi) is 6.29. The van der Waals surface area contributed by atoms with Crippen LogP contribution in [0.3, 0.4) is 0 Å². The molecule has 2 N–H and O–H groups in total. The van der Waals surface area contributed by atoms with Crippen molar-refractivity contribution in [3.8, 4) is 17.2 Å². The number of anilines is 1. The van der Waals surface area contributed by atoms with Crippen molar-refractivity contribution in [1.29, 1.82) is 0 Å². The number of nitrogens with zero attached hydrogens (tertiary/aromatic N) is 6. The van der Waals surface area contributed by atoms with Gasteiger partial charge in [-0.25, -0.2) is 32.7 Å². The molecule has 0 bridgehead atoms. The lowest BCUT2D eigenvalue weighted by atomic mass is 9.96. The molecule has 4 aromatic rings. The van der Waals surface area contributed by atoms with Crippen LogP contribution in [0.4, 0.5) is 5.82 Å². The van der Waals surface area contributed by atoms with Crippen LogP contribution >= 0.6 is 11.8 Å². The maximum Gasteiger partial charge on any atom is 0.227 e. The Hall–Kier alpha value is -3.16. The lowest BCUT2D eigenvalue weighted by Gasteiger charge is -2.31. The molecule has 37 heavy (non-hydrogen) atoms. The SMILES string of the molecule is CS(=O)(=O)N1CCCC(CCn2c(Sc3cc4c(cc3-c3ncco3)OCC4)nc3c(N)ncnc32)C1. The highest BCUT2D eigenvalue weighted by molar-refractivity contribution is 7.99. The predicted octanol–water partition coefficient (Wildman–Crippen LogP) is 3.21. The Morgan fingerprint density at radius 2 is 2.14 bits per heavy atom. The molecule has 0 amide bonds. The van der Waals surface area contributed by atoms with Crippen LogP contribution in [0.2, 0.25) is 0 Å². The maximum atomic E-state index is 12.1. The molecule has 5 heterocycles. The summed E-state index contributed by atoms with van der Waals surface area (Å²) in [5.41, 5.74) is 9.33. The van der Waals surface area contributed by atoms with E-state index in [1.807, 2.05) is 6.07 Å². The number of aryl methyl sites for hydroxylation is 1. The molecular weight excluding hydrogens is 514 g/mol. The van der Waals surface area contributed by atoms with Gasteiger partial charge in [-0.1, -0.05) is 11.8 Å². The van der Waals surface area contributed by atoms with E-state index in [0.29, 0.717) is 49.1 Å². The van der Waals surface area contributed by atoms with Crippen LogP contribution in [-0.4, -0.2) is 63.2 Å². The van der Waals surface area contributed by atoms with E-state index in [0.717, 1.165) is 52.6 Å². The largest absolute Gasteiger partial charge is 0.493 e. The number of oxazole rings is 1. The highest BCUT2D eigenvalue weighted by Gasteiger charge is 2.27. The number of hydrogen-bond acceptors (Lipinski definition) is 10. The fourth-order valence-corrected chi connectivity index (χ4v) is 7.02. The molecule has 1 atom stereocenters. The maximum absolute atomic E-state index is 12.1. The number of sulfonamides is 1. The lowest BCUT2D eigenvalue weighted by Crippen LogP contribution is -2.39. The van der Waals surface area contributed by atoms with Crippen molar-refractivity contribution in [2.24, 2.45) is 5.92 Å². The van der Waals surface area contributed by atoms with E-state index in [1.54, 1.807) is 16.8 Å². The quantitative estimate of drug-likeness (QED) is 0.370. The third kappa shape index (κ3) is 4.78. The highest BCUT2D eigenvalue weighted by Crippen LogP contribution is 2.42. The van der Waals surface area contributed by atoms with Gasteiger partial charge in [-0.15, -0.1) is 0 Å². The number of hydrogen-bond donors (Lipinski definition) is 1. The van der Waals surface area contributed by atoms with Crippen molar-refractivity contribution in [3.63, 3.8) is 0 Å². The summed E-state index contributed by atoms with van der Waals surface area (Å²) in [7, 11) is -3.20. The van der Waals surface area contributed by atoms with Crippen molar-refractivity contribution in [2.45, 2.75) is 42.3 Å². The van der Waals surface area contributed by atoms with Gasteiger partial charge in [0.2, 0.25) is 15.9 Å². The molecule has 1 saturated heterocycles. The molecular formula is C24H27N7O4S2. The molecule has 13 heteroatoms. The second kappa shape index (κ2) is 9.62. The first-order valence-electron chi connectivity index (χ1n) is 12.2. The van der Waals surface area contributed by atoms with Crippen molar-refractivity contribution < 1.29 is 17.6 Å². The third-order valence-electron chi connectivity index (χ3n) is 6.89. The first-order chi connectivity index (χ1) is 17.9. The zero-order chi connectivity index (χ0) is 25.6. The van der Waals surface area contributed by atoms with E-state index in [9.17, 15) is 8.42 Å². The minimum atomic E-state index is -3.20. The van der Waals surface area contributed by atoms with Crippen LogP contribution in [0.15, 0.2) is 45.4 Å². The number of nitrogens with two attached hydrogens (primary N) is 1.